The molecule has 1 unspecified atom stereocenters. The van der Waals surface area contributed by atoms with E-state index in [1.54, 1.807) is 6.08 Å². The van der Waals surface area contributed by atoms with Gasteiger partial charge in [0.2, 0.25) is 11.8 Å². The van der Waals surface area contributed by atoms with Crippen molar-refractivity contribution in [2.45, 2.75) is 57.9 Å². The smallest absolute Gasteiger partial charge is 0.244 e. The Labute approximate surface area is 168 Å². The van der Waals surface area contributed by atoms with Crippen LogP contribution >= 0.6 is 0 Å². The number of carbonyl (C=O) groups excluding carboxylic acids is 2. The molecule has 4 aliphatic rings. The molecule has 2 amide bonds. The lowest BCUT2D eigenvalue weighted by molar-refractivity contribution is -0.125. The molecule has 1 aromatic rings. The number of hydrogen-bond donors (Lipinski definition) is 2. The zero-order valence-corrected chi connectivity index (χ0v) is 16.8. The Hall–Kier alpha value is -2.10. The van der Waals surface area contributed by atoms with E-state index in [0.29, 0.717) is 18.4 Å². The van der Waals surface area contributed by atoms with Gasteiger partial charge in [-0.25, -0.2) is 0 Å². The van der Waals surface area contributed by atoms with Gasteiger partial charge in [-0.2, -0.15) is 0 Å². The second kappa shape index (κ2) is 8.10. The highest BCUT2D eigenvalue weighted by molar-refractivity contribution is 5.92. The van der Waals surface area contributed by atoms with E-state index in [9.17, 15) is 9.59 Å². The minimum absolute atomic E-state index is 0.0515. The van der Waals surface area contributed by atoms with E-state index in [2.05, 4.69) is 17.6 Å². The predicted molar refractivity (Wildman–Crippen MR) is 111 cm³/mol. The molecule has 4 fully saturated rings. The fraction of sp³-hybridized carbons (Fsp3) is 0.583. The maximum absolute atomic E-state index is 12.4. The molecule has 0 aliphatic heterocycles. The molecule has 5 rings (SSSR count). The quantitative estimate of drug-likeness (QED) is 0.704. The van der Waals surface area contributed by atoms with Crippen LogP contribution in [0.4, 0.5) is 0 Å². The highest BCUT2D eigenvalue weighted by Crippen LogP contribution is 2.61. The molecule has 150 valence electrons. The third-order valence-electron chi connectivity index (χ3n) is 7.26. The molecule has 1 atom stereocenters. The van der Waals surface area contributed by atoms with E-state index in [1.807, 2.05) is 30.3 Å². The van der Waals surface area contributed by atoms with Crippen molar-refractivity contribution in [1.29, 1.82) is 0 Å². The average molecular weight is 381 g/mol. The number of amides is 2. The fourth-order valence-corrected chi connectivity index (χ4v) is 6.27. The van der Waals surface area contributed by atoms with Crippen molar-refractivity contribution >= 4 is 17.9 Å². The maximum atomic E-state index is 12.4. The normalized spacial score (nSPS) is 31.7. The first-order chi connectivity index (χ1) is 13.5. The minimum atomic E-state index is -0.161. The van der Waals surface area contributed by atoms with Gasteiger partial charge in [0.25, 0.3) is 0 Å². The molecular weight excluding hydrogens is 348 g/mol. The summed E-state index contributed by atoms with van der Waals surface area (Å²) in [5.41, 5.74) is 1.31. The third kappa shape index (κ3) is 4.31. The van der Waals surface area contributed by atoms with Crippen LogP contribution in [0, 0.1) is 23.2 Å². The summed E-state index contributed by atoms with van der Waals surface area (Å²) in [6.07, 6.45) is 11.8. The van der Waals surface area contributed by atoms with Crippen LogP contribution in [0.1, 0.15) is 57.4 Å². The summed E-state index contributed by atoms with van der Waals surface area (Å²) >= 11 is 0. The van der Waals surface area contributed by atoms with E-state index in [4.69, 9.17) is 0 Å². The van der Waals surface area contributed by atoms with Gasteiger partial charge in [-0.1, -0.05) is 30.3 Å². The molecule has 4 bridgehead atoms. The van der Waals surface area contributed by atoms with Crippen molar-refractivity contribution in [2.75, 3.05) is 6.54 Å². The predicted octanol–water partition coefficient (Wildman–Crippen LogP) is 3.93. The molecule has 0 radical (unpaired) electrons. The van der Waals surface area contributed by atoms with Crippen LogP contribution in [0.15, 0.2) is 36.4 Å². The van der Waals surface area contributed by atoms with Crippen molar-refractivity contribution in [2.24, 2.45) is 23.2 Å². The Morgan fingerprint density at radius 3 is 2.29 bits per heavy atom. The first-order valence-corrected chi connectivity index (χ1v) is 10.8. The van der Waals surface area contributed by atoms with Gasteiger partial charge in [0, 0.05) is 25.1 Å². The molecule has 4 aliphatic carbocycles. The fourth-order valence-electron chi connectivity index (χ4n) is 6.27. The zero-order valence-electron chi connectivity index (χ0n) is 16.8. The highest BCUT2D eigenvalue weighted by Gasteiger charge is 2.53. The first kappa shape index (κ1) is 19.2. The van der Waals surface area contributed by atoms with Crippen LogP contribution < -0.4 is 10.6 Å². The Balaban J connectivity index is 1.20. The minimum Gasteiger partial charge on any atom is -0.353 e. The number of hydrogen-bond acceptors (Lipinski definition) is 2. The monoisotopic (exact) mass is 380 g/mol. The van der Waals surface area contributed by atoms with Crippen LogP contribution in [0.2, 0.25) is 0 Å². The molecule has 0 saturated heterocycles. The Bertz CT molecular complexity index is 705. The van der Waals surface area contributed by atoms with Crippen molar-refractivity contribution < 1.29 is 9.59 Å². The molecule has 4 nitrogen and oxygen atoms in total. The van der Waals surface area contributed by atoms with E-state index < -0.39 is 0 Å². The summed E-state index contributed by atoms with van der Waals surface area (Å²) < 4.78 is 0. The van der Waals surface area contributed by atoms with E-state index >= 15 is 0 Å². The number of benzene rings is 1. The van der Waals surface area contributed by atoms with Crippen LogP contribution in [0.5, 0.6) is 0 Å². The standard InChI is InChI=1S/C24H32N2O2/c1-17(24-14-19-11-20(15-24)13-21(12-19)16-24)26-23(28)9-10-25-22(27)8-7-18-5-3-2-4-6-18/h2-8,17,19-21H,9-16H2,1H3,(H,25,27)(H,26,28). The van der Waals surface area contributed by atoms with E-state index in [1.165, 1.54) is 44.6 Å². The van der Waals surface area contributed by atoms with Gasteiger partial charge in [-0.05, 0) is 80.3 Å². The molecule has 1 aromatic carbocycles. The van der Waals surface area contributed by atoms with Crippen molar-refractivity contribution in [3.05, 3.63) is 42.0 Å². The summed E-state index contributed by atoms with van der Waals surface area (Å²) in [6, 6.07) is 9.95. The van der Waals surface area contributed by atoms with E-state index in [-0.39, 0.29) is 17.9 Å². The molecule has 4 saturated carbocycles. The Morgan fingerprint density at radius 1 is 1.07 bits per heavy atom. The number of nitrogens with one attached hydrogen (secondary N) is 2. The Kier molecular flexibility index (Phi) is 5.56. The molecule has 2 N–H and O–H groups in total. The molecule has 0 spiro atoms. The number of rotatable bonds is 7. The zero-order chi connectivity index (χ0) is 19.6. The number of carbonyl (C=O) groups is 2. The lowest BCUT2D eigenvalue weighted by Gasteiger charge is -2.59. The topological polar surface area (TPSA) is 58.2 Å². The van der Waals surface area contributed by atoms with E-state index in [0.717, 1.165) is 23.3 Å². The van der Waals surface area contributed by atoms with Gasteiger partial charge < -0.3 is 10.6 Å². The van der Waals surface area contributed by atoms with Crippen LogP contribution in [0.3, 0.4) is 0 Å². The first-order valence-electron chi connectivity index (χ1n) is 10.8. The second-order valence-corrected chi connectivity index (χ2v) is 9.35. The maximum Gasteiger partial charge on any atom is 0.244 e. The average Bonchev–Trinajstić information content (AvgIpc) is 2.66. The van der Waals surface area contributed by atoms with Crippen LogP contribution in [-0.4, -0.2) is 24.4 Å². The third-order valence-corrected chi connectivity index (χ3v) is 7.26. The van der Waals surface area contributed by atoms with Gasteiger partial charge >= 0.3 is 0 Å². The van der Waals surface area contributed by atoms with Crippen LogP contribution in [0.25, 0.3) is 6.08 Å². The lowest BCUT2D eigenvalue weighted by atomic mass is 9.48. The summed E-state index contributed by atoms with van der Waals surface area (Å²) in [4.78, 5) is 24.3. The van der Waals surface area contributed by atoms with Gasteiger partial charge in [-0.3, -0.25) is 9.59 Å². The van der Waals surface area contributed by atoms with Crippen molar-refractivity contribution in [1.82, 2.24) is 10.6 Å². The molecule has 0 heterocycles. The molecule has 0 aromatic heterocycles. The van der Waals surface area contributed by atoms with Crippen LogP contribution in [-0.2, 0) is 9.59 Å². The van der Waals surface area contributed by atoms with Gasteiger partial charge in [0.1, 0.15) is 0 Å². The SMILES string of the molecule is CC(NC(=O)CCNC(=O)C=Cc1ccccc1)C12CC3CC(CC(C3)C1)C2. The second-order valence-electron chi connectivity index (χ2n) is 9.35. The summed E-state index contributed by atoms with van der Waals surface area (Å²) in [5, 5.41) is 6.07. The van der Waals surface area contributed by atoms with Crippen molar-refractivity contribution in [3.63, 3.8) is 0 Å². The summed E-state index contributed by atoms with van der Waals surface area (Å²) in [5.74, 6) is 2.56. The van der Waals surface area contributed by atoms with Gasteiger partial charge in [0.05, 0.1) is 0 Å². The lowest BCUT2D eigenvalue weighted by Crippen LogP contribution is -2.56. The molecular formula is C24H32N2O2. The molecule has 28 heavy (non-hydrogen) atoms. The van der Waals surface area contributed by atoms with Gasteiger partial charge in [-0.15, -0.1) is 0 Å². The van der Waals surface area contributed by atoms with Gasteiger partial charge in [0.15, 0.2) is 0 Å². The Morgan fingerprint density at radius 2 is 1.68 bits per heavy atom. The van der Waals surface area contributed by atoms with Crippen molar-refractivity contribution in [3.8, 4) is 0 Å². The summed E-state index contributed by atoms with van der Waals surface area (Å²) in [7, 11) is 0. The molecule has 4 heteroatoms. The summed E-state index contributed by atoms with van der Waals surface area (Å²) in [6.45, 7) is 2.57. The highest BCUT2D eigenvalue weighted by atomic mass is 16.2. The largest absolute Gasteiger partial charge is 0.353 e.